The minimum atomic E-state index is -0.931. The van der Waals surface area contributed by atoms with Gasteiger partial charge in [0.25, 0.3) is 5.91 Å². The van der Waals surface area contributed by atoms with Crippen molar-refractivity contribution in [1.82, 2.24) is 25.5 Å². The predicted octanol–water partition coefficient (Wildman–Crippen LogP) is 4.28. The molecule has 5 rings (SSSR count). The standard InChI is InChI=1S/C25H25FN6O3S/c1-16-8-13-20(35-16)24-28-30-31(29-24)15-22(33)32(19-11-9-17(26)10-12-19)23(21-7-4-14-36-21)25(34)27-18-5-2-3-6-18/h4,7-14,18,23H,2-3,5-6,15H2,1H3,(H,27,34)/t23-/m1/s1. The second kappa shape index (κ2) is 10.4. The van der Waals surface area contributed by atoms with Gasteiger partial charge in [-0.05, 0) is 72.8 Å². The highest BCUT2D eigenvalue weighted by Gasteiger charge is 2.35. The fourth-order valence-electron chi connectivity index (χ4n) is 4.37. The highest BCUT2D eigenvalue weighted by Crippen LogP contribution is 2.32. The maximum absolute atomic E-state index is 13.7. The van der Waals surface area contributed by atoms with Crippen molar-refractivity contribution < 1.29 is 18.4 Å². The lowest BCUT2D eigenvalue weighted by Crippen LogP contribution is -2.47. The van der Waals surface area contributed by atoms with Gasteiger partial charge in [-0.3, -0.25) is 14.5 Å². The number of rotatable bonds is 8. The number of carbonyl (C=O) groups is 2. The summed E-state index contributed by atoms with van der Waals surface area (Å²) < 4.78 is 19.3. The van der Waals surface area contributed by atoms with Crippen LogP contribution in [0.1, 0.15) is 42.4 Å². The zero-order valence-electron chi connectivity index (χ0n) is 19.6. The molecule has 1 aromatic carbocycles. The molecule has 36 heavy (non-hydrogen) atoms. The van der Waals surface area contributed by atoms with Gasteiger partial charge in [0.2, 0.25) is 11.7 Å². The summed E-state index contributed by atoms with van der Waals surface area (Å²) in [4.78, 5) is 30.6. The Morgan fingerprint density at radius 1 is 1.19 bits per heavy atom. The molecule has 0 bridgehead atoms. The molecule has 1 aliphatic carbocycles. The molecule has 3 heterocycles. The first-order chi connectivity index (χ1) is 17.5. The number of halogens is 1. The van der Waals surface area contributed by atoms with Gasteiger partial charge < -0.3 is 9.73 Å². The lowest BCUT2D eigenvalue weighted by molar-refractivity contribution is -0.127. The Bertz CT molecular complexity index is 1330. The van der Waals surface area contributed by atoms with Crippen molar-refractivity contribution >= 4 is 28.8 Å². The van der Waals surface area contributed by atoms with Crippen LogP contribution in [0.2, 0.25) is 0 Å². The van der Waals surface area contributed by atoms with Crippen LogP contribution in [0.4, 0.5) is 10.1 Å². The Morgan fingerprint density at radius 3 is 2.64 bits per heavy atom. The van der Waals surface area contributed by atoms with Gasteiger partial charge in [0.1, 0.15) is 24.2 Å². The molecule has 9 nitrogen and oxygen atoms in total. The number of amides is 2. The summed E-state index contributed by atoms with van der Waals surface area (Å²) >= 11 is 1.38. The highest BCUT2D eigenvalue weighted by molar-refractivity contribution is 7.10. The summed E-state index contributed by atoms with van der Waals surface area (Å²) in [5.74, 6) is 0.228. The Kier molecular flexibility index (Phi) is 6.90. The number of nitrogens with zero attached hydrogens (tertiary/aromatic N) is 5. The Labute approximate surface area is 210 Å². The number of furan rings is 1. The summed E-state index contributed by atoms with van der Waals surface area (Å²) in [7, 11) is 0. The molecule has 1 atom stereocenters. The van der Waals surface area contributed by atoms with Crippen LogP contribution >= 0.6 is 11.3 Å². The number of nitrogens with one attached hydrogen (secondary N) is 1. The van der Waals surface area contributed by atoms with E-state index in [1.807, 2.05) is 17.5 Å². The van der Waals surface area contributed by atoms with Crippen LogP contribution < -0.4 is 10.2 Å². The van der Waals surface area contributed by atoms with E-state index in [0.717, 1.165) is 30.5 Å². The molecule has 0 saturated heterocycles. The molecule has 3 aromatic heterocycles. The molecule has 4 aromatic rings. The number of aryl methyl sites for hydroxylation is 1. The number of tetrazole rings is 1. The summed E-state index contributed by atoms with van der Waals surface area (Å²) in [6.45, 7) is 1.53. The molecule has 186 valence electrons. The second-order valence-corrected chi connectivity index (χ2v) is 9.68. The van der Waals surface area contributed by atoms with E-state index >= 15 is 0 Å². The number of carbonyl (C=O) groups excluding carboxylic acids is 2. The number of thiophene rings is 1. The van der Waals surface area contributed by atoms with Gasteiger partial charge in [-0.1, -0.05) is 18.9 Å². The van der Waals surface area contributed by atoms with Crippen LogP contribution in [0.3, 0.4) is 0 Å². The van der Waals surface area contributed by atoms with Crippen LogP contribution in [0, 0.1) is 12.7 Å². The van der Waals surface area contributed by atoms with Crippen LogP contribution in [0.25, 0.3) is 11.6 Å². The van der Waals surface area contributed by atoms with Crippen LogP contribution in [-0.4, -0.2) is 38.1 Å². The molecular formula is C25H25FN6O3S. The van der Waals surface area contributed by atoms with E-state index in [1.165, 1.54) is 40.5 Å². The molecule has 0 aliphatic heterocycles. The van der Waals surface area contributed by atoms with E-state index in [9.17, 15) is 14.0 Å². The molecular weight excluding hydrogens is 483 g/mol. The van der Waals surface area contributed by atoms with Crippen molar-refractivity contribution in [2.24, 2.45) is 0 Å². The first kappa shape index (κ1) is 23.9. The number of hydrogen-bond donors (Lipinski definition) is 1. The average molecular weight is 509 g/mol. The van der Waals surface area contributed by atoms with Gasteiger partial charge in [0.05, 0.1) is 0 Å². The van der Waals surface area contributed by atoms with E-state index in [0.29, 0.717) is 22.1 Å². The van der Waals surface area contributed by atoms with Gasteiger partial charge in [0, 0.05) is 16.6 Å². The number of benzene rings is 1. The maximum atomic E-state index is 13.7. The maximum Gasteiger partial charge on any atom is 0.251 e. The molecule has 1 N–H and O–H groups in total. The molecule has 0 radical (unpaired) electrons. The zero-order chi connectivity index (χ0) is 25.1. The largest absolute Gasteiger partial charge is 0.458 e. The van der Waals surface area contributed by atoms with Crippen molar-refractivity contribution in [2.75, 3.05) is 4.90 Å². The lowest BCUT2D eigenvalue weighted by Gasteiger charge is -2.31. The van der Waals surface area contributed by atoms with Crippen molar-refractivity contribution in [2.45, 2.75) is 51.2 Å². The predicted molar refractivity (Wildman–Crippen MR) is 132 cm³/mol. The number of aromatic nitrogens is 4. The summed E-state index contributed by atoms with van der Waals surface area (Å²) in [5.41, 5.74) is 0.392. The van der Waals surface area contributed by atoms with Gasteiger partial charge in [-0.15, -0.1) is 21.5 Å². The Morgan fingerprint density at radius 2 is 1.97 bits per heavy atom. The second-order valence-electron chi connectivity index (χ2n) is 8.70. The summed E-state index contributed by atoms with van der Waals surface area (Å²) in [6.07, 6.45) is 3.94. The summed E-state index contributed by atoms with van der Waals surface area (Å²) in [6, 6.07) is 11.8. The Hall–Kier alpha value is -3.86. The lowest BCUT2D eigenvalue weighted by atomic mass is 10.1. The topological polar surface area (TPSA) is 106 Å². The minimum Gasteiger partial charge on any atom is -0.458 e. The minimum absolute atomic E-state index is 0.0708. The smallest absolute Gasteiger partial charge is 0.251 e. The quantitative estimate of drug-likeness (QED) is 0.381. The first-order valence-corrected chi connectivity index (χ1v) is 12.6. The van der Waals surface area contributed by atoms with Crippen molar-refractivity contribution in [3.05, 3.63) is 70.4 Å². The van der Waals surface area contributed by atoms with Gasteiger partial charge >= 0.3 is 0 Å². The van der Waals surface area contributed by atoms with E-state index in [4.69, 9.17) is 4.42 Å². The SMILES string of the molecule is Cc1ccc(-c2nnn(CC(=O)N(c3ccc(F)cc3)[C@@H](C(=O)NC3CCCC3)c3cccs3)n2)o1. The number of anilines is 1. The van der Waals surface area contributed by atoms with Crippen LogP contribution in [-0.2, 0) is 16.1 Å². The third-order valence-corrected chi connectivity index (χ3v) is 7.01. The van der Waals surface area contributed by atoms with Gasteiger partial charge in [-0.25, -0.2) is 4.39 Å². The van der Waals surface area contributed by atoms with Crippen LogP contribution in [0.15, 0.2) is 58.3 Å². The van der Waals surface area contributed by atoms with Crippen molar-refractivity contribution in [3.63, 3.8) is 0 Å². The van der Waals surface area contributed by atoms with Gasteiger partial charge in [0.15, 0.2) is 5.76 Å². The molecule has 1 aliphatic rings. The monoisotopic (exact) mass is 508 g/mol. The third kappa shape index (κ3) is 5.20. The Balaban J connectivity index is 1.47. The van der Waals surface area contributed by atoms with E-state index in [2.05, 4.69) is 20.7 Å². The van der Waals surface area contributed by atoms with Crippen molar-refractivity contribution in [1.29, 1.82) is 0 Å². The molecule has 1 saturated carbocycles. The van der Waals surface area contributed by atoms with E-state index < -0.39 is 17.8 Å². The van der Waals surface area contributed by atoms with E-state index in [1.54, 1.807) is 19.1 Å². The molecule has 0 spiro atoms. The third-order valence-electron chi connectivity index (χ3n) is 6.08. The molecule has 0 unspecified atom stereocenters. The first-order valence-electron chi connectivity index (χ1n) is 11.7. The average Bonchev–Trinajstić information content (AvgIpc) is 3.66. The van der Waals surface area contributed by atoms with E-state index in [-0.39, 0.29) is 24.3 Å². The van der Waals surface area contributed by atoms with Crippen LogP contribution in [0.5, 0.6) is 0 Å². The zero-order valence-corrected chi connectivity index (χ0v) is 20.4. The molecule has 2 amide bonds. The summed E-state index contributed by atoms with van der Waals surface area (Å²) in [5, 5.41) is 17.2. The molecule has 11 heteroatoms. The molecule has 1 fully saturated rings. The fraction of sp³-hybridized carbons (Fsp3) is 0.320. The van der Waals surface area contributed by atoms with Gasteiger partial charge in [-0.2, -0.15) is 4.80 Å². The van der Waals surface area contributed by atoms with Crippen molar-refractivity contribution in [3.8, 4) is 11.6 Å². The fourth-order valence-corrected chi connectivity index (χ4v) is 5.18. The highest BCUT2D eigenvalue weighted by atomic mass is 32.1. The normalized spacial score (nSPS) is 14.6. The number of hydrogen-bond acceptors (Lipinski definition) is 7.